The molecule has 2 saturated heterocycles. The van der Waals surface area contributed by atoms with E-state index < -0.39 is 10.0 Å². The summed E-state index contributed by atoms with van der Waals surface area (Å²) >= 11 is 0. The van der Waals surface area contributed by atoms with E-state index in [4.69, 9.17) is 0 Å². The van der Waals surface area contributed by atoms with Crippen LogP contribution in [0.1, 0.15) is 19.8 Å². The molecule has 2 heterocycles. The maximum atomic E-state index is 12.2. The maximum Gasteiger partial charge on any atom is 0.215 e. The van der Waals surface area contributed by atoms with Gasteiger partial charge in [-0.25, -0.2) is 12.7 Å². The van der Waals surface area contributed by atoms with Gasteiger partial charge < -0.3 is 5.32 Å². The third-order valence-corrected chi connectivity index (χ3v) is 5.91. The topological polar surface area (TPSA) is 52.7 Å². The summed E-state index contributed by atoms with van der Waals surface area (Å²) in [6.07, 6.45) is 2.12. The van der Waals surface area contributed by atoms with E-state index in [1.54, 1.807) is 4.31 Å². The Kier molecular flexibility index (Phi) is 5.00. The second-order valence-corrected chi connectivity index (χ2v) is 7.42. The molecule has 0 aromatic rings. The third-order valence-electron chi connectivity index (χ3n) is 4.09. The summed E-state index contributed by atoms with van der Waals surface area (Å²) in [5.74, 6) is 0.850. The molecule has 0 aliphatic carbocycles. The number of sulfonamides is 1. The fourth-order valence-electron chi connectivity index (χ4n) is 2.69. The van der Waals surface area contributed by atoms with Gasteiger partial charge >= 0.3 is 0 Å². The molecule has 0 bridgehead atoms. The summed E-state index contributed by atoms with van der Waals surface area (Å²) in [5.41, 5.74) is 0. The monoisotopic (exact) mass is 275 g/mol. The van der Waals surface area contributed by atoms with Gasteiger partial charge in [0.05, 0.1) is 5.75 Å². The Bertz CT molecular complexity index is 352. The van der Waals surface area contributed by atoms with Crippen LogP contribution in [0, 0.1) is 5.92 Å². The highest BCUT2D eigenvalue weighted by Crippen LogP contribution is 2.21. The lowest BCUT2D eigenvalue weighted by molar-refractivity contribution is 0.252. The molecule has 0 aromatic carbocycles. The van der Waals surface area contributed by atoms with Crippen LogP contribution in [0.25, 0.3) is 0 Å². The number of rotatable bonds is 5. The molecular formula is C12H25N3O2S. The van der Waals surface area contributed by atoms with Gasteiger partial charge in [-0.3, -0.25) is 4.90 Å². The van der Waals surface area contributed by atoms with Crippen LogP contribution in [0.5, 0.6) is 0 Å². The van der Waals surface area contributed by atoms with E-state index in [1.807, 2.05) is 0 Å². The van der Waals surface area contributed by atoms with Crippen molar-refractivity contribution < 1.29 is 8.42 Å². The highest BCUT2D eigenvalue weighted by Gasteiger charge is 2.30. The van der Waals surface area contributed by atoms with Gasteiger partial charge in [-0.05, 0) is 12.3 Å². The second kappa shape index (κ2) is 6.32. The number of piperazine rings is 1. The summed E-state index contributed by atoms with van der Waals surface area (Å²) in [5, 5.41) is 3.28. The third kappa shape index (κ3) is 3.66. The molecule has 0 spiro atoms. The highest BCUT2D eigenvalue weighted by molar-refractivity contribution is 7.89. The quantitative estimate of drug-likeness (QED) is 0.764. The molecule has 2 fully saturated rings. The van der Waals surface area contributed by atoms with Gasteiger partial charge in [0.2, 0.25) is 10.0 Å². The first kappa shape index (κ1) is 14.2. The molecule has 0 saturated carbocycles. The zero-order valence-corrected chi connectivity index (χ0v) is 12.1. The molecule has 0 amide bonds. The summed E-state index contributed by atoms with van der Waals surface area (Å²) in [7, 11) is -3.03. The fourth-order valence-corrected chi connectivity index (χ4v) is 4.26. The molecule has 18 heavy (non-hydrogen) atoms. The SMILES string of the molecule is CCC1CCN(S(=O)(=O)CCN2CCNCC2)C1. The first-order valence-electron chi connectivity index (χ1n) is 7.02. The molecule has 1 unspecified atom stereocenters. The summed E-state index contributed by atoms with van der Waals surface area (Å²) in [4.78, 5) is 2.24. The molecule has 106 valence electrons. The Morgan fingerprint density at radius 3 is 2.56 bits per heavy atom. The number of hydrogen-bond donors (Lipinski definition) is 1. The summed E-state index contributed by atoms with van der Waals surface area (Å²) in [6, 6.07) is 0. The van der Waals surface area contributed by atoms with Crippen LogP contribution in [0.4, 0.5) is 0 Å². The van der Waals surface area contributed by atoms with Gasteiger partial charge in [0.15, 0.2) is 0 Å². The average molecular weight is 275 g/mol. The predicted octanol–water partition coefficient (Wildman–Crippen LogP) is -0.0467. The largest absolute Gasteiger partial charge is 0.314 e. The number of nitrogens with one attached hydrogen (secondary N) is 1. The molecule has 1 atom stereocenters. The number of hydrogen-bond acceptors (Lipinski definition) is 4. The van der Waals surface area contributed by atoms with Crippen molar-refractivity contribution in [1.29, 1.82) is 0 Å². The Labute approximate surface area is 111 Å². The fraction of sp³-hybridized carbons (Fsp3) is 1.00. The first-order chi connectivity index (χ1) is 8.62. The average Bonchev–Trinajstić information content (AvgIpc) is 2.87. The lowest BCUT2D eigenvalue weighted by Crippen LogP contribution is -2.46. The molecule has 1 N–H and O–H groups in total. The molecule has 2 aliphatic rings. The minimum Gasteiger partial charge on any atom is -0.314 e. The summed E-state index contributed by atoms with van der Waals surface area (Å²) < 4.78 is 26.1. The van der Waals surface area contributed by atoms with Gasteiger partial charge in [-0.2, -0.15) is 0 Å². The van der Waals surface area contributed by atoms with Crippen molar-refractivity contribution in [3.05, 3.63) is 0 Å². The maximum absolute atomic E-state index is 12.2. The Balaban J connectivity index is 1.80. The van der Waals surface area contributed by atoms with Crippen molar-refractivity contribution in [1.82, 2.24) is 14.5 Å². The van der Waals surface area contributed by atoms with Crippen LogP contribution < -0.4 is 5.32 Å². The Hall–Kier alpha value is -0.170. The van der Waals surface area contributed by atoms with Crippen LogP contribution in [0.2, 0.25) is 0 Å². The van der Waals surface area contributed by atoms with Gasteiger partial charge in [-0.1, -0.05) is 13.3 Å². The highest BCUT2D eigenvalue weighted by atomic mass is 32.2. The molecule has 5 nitrogen and oxygen atoms in total. The van der Waals surface area contributed by atoms with Crippen molar-refractivity contribution in [2.75, 3.05) is 51.6 Å². The van der Waals surface area contributed by atoms with E-state index in [1.165, 1.54) is 0 Å². The summed E-state index contributed by atoms with van der Waals surface area (Å²) in [6.45, 7) is 8.16. The van der Waals surface area contributed by atoms with E-state index in [0.29, 0.717) is 12.5 Å². The van der Waals surface area contributed by atoms with Crippen LogP contribution in [-0.4, -0.2) is 69.2 Å². The van der Waals surface area contributed by atoms with Crippen molar-refractivity contribution >= 4 is 10.0 Å². The van der Waals surface area contributed by atoms with E-state index in [2.05, 4.69) is 17.1 Å². The first-order valence-corrected chi connectivity index (χ1v) is 8.63. The zero-order valence-electron chi connectivity index (χ0n) is 11.3. The lowest BCUT2D eigenvalue weighted by atomic mass is 10.1. The van der Waals surface area contributed by atoms with E-state index in [9.17, 15) is 8.42 Å². The minimum absolute atomic E-state index is 0.281. The van der Waals surface area contributed by atoms with Crippen molar-refractivity contribution in [3.63, 3.8) is 0 Å². The second-order valence-electron chi connectivity index (χ2n) is 5.33. The Morgan fingerprint density at radius 2 is 1.94 bits per heavy atom. The zero-order chi connectivity index (χ0) is 13.0. The van der Waals surface area contributed by atoms with Crippen LogP contribution in [0.3, 0.4) is 0 Å². The number of nitrogens with zero attached hydrogens (tertiary/aromatic N) is 2. The van der Waals surface area contributed by atoms with Crippen LogP contribution >= 0.6 is 0 Å². The standard InChI is InChI=1S/C12H25N3O2S/c1-2-12-3-6-15(11-12)18(16,17)10-9-14-7-4-13-5-8-14/h12-13H,2-11H2,1H3. The molecule has 2 rings (SSSR count). The molecule has 2 aliphatic heterocycles. The van der Waals surface area contributed by atoms with Gasteiger partial charge in [0.25, 0.3) is 0 Å². The van der Waals surface area contributed by atoms with Crippen molar-refractivity contribution in [2.45, 2.75) is 19.8 Å². The Morgan fingerprint density at radius 1 is 1.22 bits per heavy atom. The van der Waals surface area contributed by atoms with Gasteiger partial charge in [-0.15, -0.1) is 0 Å². The normalized spacial score (nSPS) is 27.7. The van der Waals surface area contributed by atoms with E-state index in [-0.39, 0.29) is 5.75 Å². The smallest absolute Gasteiger partial charge is 0.215 e. The molecule has 0 aromatic heterocycles. The molecular weight excluding hydrogens is 250 g/mol. The van der Waals surface area contributed by atoms with Crippen LogP contribution in [-0.2, 0) is 10.0 Å². The van der Waals surface area contributed by atoms with Crippen molar-refractivity contribution in [2.24, 2.45) is 5.92 Å². The van der Waals surface area contributed by atoms with Gasteiger partial charge in [0.1, 0.15) is 0 Å². The predicted molar refractivity (Wildman–Crippen MR) is 73.1 cm³/mol. The van der Waals surface area contributed by atoms with Crippen LogP contribution in [0.15, 0.2) is 0 Å². The van der Waals surface area contributed by atoms with Crippen molar-refractivity contribution in [3.8, 4) is 0 Å². The minimum atomic E-state index is -3.03. The van der Waals surface area contributed by atoms with E-state index >= 15 is 0 Å². The lowest BCUT2D eigenvalue weighted by Gasteiger charge is -2.27. The molecule has 0 radical (unpaired) electrons. The van der Waals surface area contributed by atoms with E-state index in [0.717, 1.165) is 52.1 Å². The molecule has 6 heteroatoms. The van der Waals surface area contributed by atoms with Gasteiger partial charge in [0, 0.05) is 45.8 Å².